The van der Waals surface area contributed by atoms with Gasteiger partial charge in [0.05, 0.1) is 16.1 Å². The Kier molecular flexibility index (Phi) is 6.89. The molecule has 0 fully saturated rings. The number of carbonyl (C=O) groups is 2. The monoisotopic (exact) mass is 523 g/mol. The van der Waals surface area contributed by atoms with Gasteiger partial charge in [0, 0.05) is 11.3 Å². The Balaban J connectivity index is 1.51. The second-order valence-electron chi connectivity index (χ2n) is 7.88. The number of primary amides is 1. The number of aromatic hydroxyl groups is 1. The zero-order valence-corrected chi connectivity index (χ0v) is 19.7. The first-order valence-electron chi connectivity index (χ1n) is 10.7. The number of halogens is 2. The lowest BCUT2D eigenvalue weighted by molar-refractivity contribution is 0.0994. The Bertz CT molecular complexity index is 1610. The summed E-state index contributed by atoms with van der Waals surface area (Å²) in [6, 6.07) is 18.1. The molecule has 0 unspecified atom stereocenters. The third-order valence-electron chi connectivity index (χ3n) is 5.33. The van der Waals surface area contributed by atoms with Crippen LogP contribution >= 0.6 is 0 Å². The number of hydrogen-bond acceptors (Lipinski definition) is 5. The van der Waals surface area contributed by atoms with Crippen LogP contribution in [-0.4, -0.2) is 25.3 Å². The van der Waals surface area contributed by atoms with Crippen molar-refractivity contribution in [1.82, 2.24) is 0 Å². The standard InChI is InChI=1S/C26H19F2N3O5S/c27-18-6-9-20(10-7-18)37(35,36)31-23-14-19(8-12-24(23)32)30-26(34)16-3-1-15(2-4-16)17-5-11-22(28)21(13-17)25(29)33/h1-14,31-32H,(H2,29,33)(H,30,34). The van der Waals surface area contributed by atoms with Crippen molar-refractivity contribution in [3.63, 3.8) is 0 Å². The number of rotatable bonds is 7. The maximum Gasteiger partial charge on any atom is 0.262 e. The zero-order valence-electron chi connectivity index (χ0n) is 18.9. The highest BCUT2D eigenvalue weighted by molar-refractivity contribution is 7.92. The maximum absolute atomic E-state index is 13.7. The Morgan fingerprint density at radius 1 is 0.811 bits per heavy atom. The van der Waals surface area contributed by atoms with Crippen LogP contribution in [0, 0.1) is 11.6 Å². The van der Waals surface area contributed by atoms with Crippen LogP contribution in [0.1, 0.15) is 20.7 Å². The van der Waals surface area contributed by atoms with Gasteiger partial charge >= 0.3 is 0 Å². The van der Waals surface area contributed by atoms with Crippen molar-refractivity contribution in [2.45, 2.75) is 4.90 Å². The molecule has 188 valence electrons. The number of amides is 2. The number of nitrogens with one attached hydrogen (secondary N) is 2. The van der Waals surface area contributed by atoms with Crippen LogP contribution in [0.2, 0.25) is 0 Å². The van der Waals surface area contributed by atoms with Gasteiger partial charge in [-0.2, -0.15) is 0 Å². The molecule has 5 N–H and O–H groups in total. The van der Waals surface area contributed by atoms with Crippen LogP contribution in [0.4, 0.5) is 20.2 Å². The van der Waals surface area contributed by atoms with Crippen LogP contribution in [0.5, 0.6) is 5.75 Å². The Morgan fingerprint density at radius 3 is 2.11 bits per heavy atom. The molecule has 2 amide bonds. The molecule has 0 bridgehead atoms. The average Bonchev–Trinajstić information content (AvgIpc) is 2.86. The van der Waals surface area contributed by atoms with Gasteiger partial charge in [-0.25, -0.2) is 17.2 Å². The van der Waals surface area contributed by atoms with Crippen LogP contribution in [0.25, 0.3) is 11.1 Å². The summed E-state index contributed by atoms with van der Waals surface area (Å²) in [7, 11) is -4.13. The number of hydrogen-bond donors (Lipinski definition) is 4. The summed E-state index contributed by atoms with van der Waals surface area (Å²) < 4.78 is 54.2. The van der Waals surface area contributed by atoms with E-state index in [1.807, 2.05) is 0 Å². The molecule has 37 heavy (non-hydrogen) atoms. The topological polar surface area (TPSA) is 139 Å². The average molecular weight is 524 g/mol. The predicted molar refractivity (Wildman–Crippen MR) is 134 cm³/mol. The van der Waals surface area contributed by atoms with Crippen LogP contribution in [0.3, 0.4) is 0 Å². The van der Waals surface area contributed by atoms with Crippen LogP contribution < -0.4 is 15.8 Å². The third-order valence-corrected chi connectivity index (χ3v) is 6.72. The number of carbonyl (C=O) groups excluding carboxylic acids is 2. The summed E-state index contributed by atoms with van der Waals surface area (Å²) in [5, 5.41) is 12.7. The first-order chi connectivity index (χ1) is 17.5. The van der Waals surface area contributed by atoms with E-state index in [0.29, 0.717) is 11.1 Å². The molecule has 8 nitrogen and oxygen atoms in total. The molecule has 11 heteroatoms. The first-order valence-corrected chi connectivity index (χ1v) is 12.1. The number of phenolic OH excluding ortho intramolecular Hbond substituents is 1. The second kappa shape index (κ2) is 10.1. The fourth-order valence-corrected chi connectivity index (χ4v) is 4.49. The number of anilines is 2. The van der Waals surface area contributed by atoms with Crippen molar-refractivity contribution in [3.05, 3.63) is 108 Å². The molecule has 4 rings (SSSR count). The minimum atomic E-state index is -4.13. The van der Waals surface area contributed by atoms with E-state index in [0.717, 1.165) is 30.3 Å². The summed E-state index contributed by atoms with van der Waals surface area (Å²) >= 11 is 0. The Morgan fingerprint density at radius 2 is 1.46 bits per heavy atom. The van der Waals surface area contributed by atoms with Crippen molar-refractivity contribution in [3.8, 4) is 16.9 Å². The van der Waals surface area contributed by atoms with Crippen molar-refractivity contribution in [2.75, 3.05) is 10.0 Å². The molecule has 0 radical (unpaired) electrons. The van der Waals surface area contributed by atoms with Gasteiger partial charge in [-0.1, -0.05) is 18.2 Å². The molecule has 0 spiro atoms. The van der Waals surface area contributed by atoms with E-state index in [9.17, 15) is 31.9 Å². The normalized spacial score (nSPS) is 11.1. The molecule has 0 saturated heterocycles. The zero-order chi connectivity index (χ0) is 26.7. The molecule has 0 saturated carbocycles. The molecule has 0 aliphatic carbocycles. The fraction of sp³-hybridized carbons (Fsp3) is 0. The van der Waals surface area contributed by atoms with E-state index in [-0.39, 0.29) is 33.1 Å². The van der Waals surface area contributed by atoms with E-state index in [1.54, 1.807) is 12.1 Å². The van der Waals surface area contributed by atoms with Gasteiger partial charge in [0.1, 0.15) is 17.4 Å². The molecule has 0 atom stereocenters. The van der Waals surface area contributed by atoms with E-state index in [1.165, 1.54) is 42.5 Å². The quantitative estimate of drug-likeness (QED) is 0.209. The van der Waals surface area contributed by atoms with E-state index in [4.69, 9.17) is 5.73 Å². The lowest BCUT2D eigenvalue weighted by Crippen LogP contribution is -2.14. The third kappa shape index (κ3) is 5.73. The molecule has 0 aliphatic heterocycles. The lowest BCUT2D eigenvalue weighted by atomic mass is 10.0. The highest BCUT2D eigenvalue weighted by atomic mass is 32.2. The number of benzene rings is 4. The highest BCUT2D eigenvalue weighted by Gasteiger charge is 2.17. The molecule has 4 aromatic carbocycles. The lowest BCUT2D eigenvalue weighted by Gasteiger charge is -2.12. The number of nitrogens with two attached hydrogens (primary N) is 1. The summed E-state index contributed by atoms with van der Waals surface area (Å²) in [6.07, 6.45) is 0. The van der Waals surface area contributed by atoms with Gasteiger partial charge in [-0.3, -0.25) is 14.3 Å². The fourth-order valence-electron chi connectivity index (χ4n) is 3.42. The molecule has 4 aromatic rings. The van der Waals surface area contributed by atoms with Crippen LogP contribution in [-0.2, 0) is 10.0 Å². The highest BCUT2D eigenvalue weighted by Crippen LogP contribution is 2.30. The van der Waals surface area contributed by atoms with Gasteiger partial charge in [0.15, 0.2) is 0 Å². The molecular weight excluding hydrogens is 504 g/mol. The number of sulfonamides is 1. The smallest absolute Gasteiger partial charge is 0.262 e. The predicted octanol–water partition coefficient (Wildman–Crippen LogP) is 4.49. The minimum Gasteiger partial charge on any atom is -0.506 e. The molecular formula is C26H19F2N3O5S. The van der Waals surface area contributed by atoms with Gasteiger partial charge in [-0.15, -0.1) is 0 Å². The van der Waals surface area contributed by atoms with E-state index >= 15 is 0 Å². The summed E-state index contributed by atoms with van der Waals surface area (Å²) in [5.41, 5.74) is 6.32. The van der Waals surface area contributed by atoms with Crippen LogP contribution in [0.15, 0.2) is 89.8 Å². The molecule has 0 aromatic heterocycles. The SMILES string of the molecule is NC(=O)c1cc(-c2ccc(C(=O)Nc3ccc(O)c(NS(=O)(=O)c4ccc(F)cc4)c3)cc2)ccc1F. The largest absolute Gasteiger partial charge is 0.506 e. The number of phenols is 1. The second-order valence-corrected chi connectivity index (χ2v) is 9.56. The summed E-state index contributed by atoms with van der Waals surface area (Å²) in [5.74, 6) is -3.15. The maximum atomic E-state index is 13.7. The first kappa shape index (κ1) is 25.3. The van der Waals surface area contributed by atoms with Crippen molar-refractivity contribution >= 4 is 33.2 Å². The van der Waals surface area contributed by atoms with Crippen molar-refractivity contribution < 1.29 is 31.9 Å². The van der Waals surface area contributed by atoms with Crippen molar-refractivity contribution in [2.24, 2.45) is 5.73 Å². The van der Waals surface area contributed by atoms with Gasteiger partial charge < -0.3 is 16.2 Å². The summed E-state index contributed by atoms with van der Waals surface area (Å²) in [6.45, 7) is 0. The van der Waals surface area contributed by atoms with Crippen molar-refractivity contribution in [1.29, 1.82) is 0 Å². The molecule has 0 aliphatic rings. The Labute approximate surface area is 210 Å². The van der Waals surface area contributed by atoms with Gasteiger partial charge in [0.25, 0.3) is 21.8 Å². The van der Waals surface area contributed by atoms with E-state index in [2.05, 4.69) is 10.0 Å². The Hall–Kier alpha value is -4.77. The van der Waals surface area contributed by atoms with E-state index < -0.39 is 33.5 Å². The van der Waals surface area contributed by atoms with Gasteiger partial charge in [-0.05, 0) is 77.9 Å². The summed E-state index contributed by atoms with van der Waals surface area (Å²) in [4.78, 5) is 23.9. The molecule has 0 heterocycles. The van der Waals surface area contributed by atoms with Gasteiger partial charge in [0.2, 0.25) is 0 Å². The minimum absolute atomic E-state index is 0.188.